The van der Waals surface area contributed by atoms with Crippen molar-refractivity contribution in [2.75, 3.05) is 5.73 Å². The molecule has 0 aliphatic rings. The fraction of sp³-hybridized carbons (Fsp3) is 0.500. The van der Waals surface area contributed by atoms with Crippen molar-refractivity contribution in [1.82, 2.24) is 9.88 Å². The Morgan fingerprint density at radius 2 is 2.14 bits per heavy atom. The molecular weight excluding hydrogens is 178 g/mol. The van der Waals surface area contributed by atoms with Crippen LogP contribution in [0.5, 0.6) is 0 Å². The molecule has 0 unspecified atom stereocenters. The van der Waals surface area contributed by atoms with Gasteiger partial charge in [-0.2, -0.15) is 0 Å². The van der Waals surface area contributed by atoms with E-state index in [0.29, 0.717) is 11.4 Å². The quantitative estimate of drug-likeness (QED) is 0.741. The summed E-state index contributed by atoms with van der Waals surface area (Å²) in [6.07, 6.45) is 0. The van der Waals surface area contributed by atoms with Crippen molar-refractivity contribution in [3.8, 4) is 0 Å². The molecule has 0 spiro atoms. The van der Waals surface area contributed by atoms with Gasteiger partial charge in [-0.1, -0.05) is 0 Å². The van der Waals surface area contributed by atoms with E-state index in [1.54, 1.807) is 10.6 Å². The molecule has 4 heteroatoms. The van der Waals surface area contributed by atoms with Gasteiger partial charge in [-0.15, -0.1) is 0 Å². The third-order valence-electron chi connectivity index (χ3n) is 2.14. The molecule has 0 aromatic carbocycles. The lowest BCUT2D eigenvalue weighted by molar-refractivity contribution is 0.0935. The minimum atomic E-state index is -0.117. The smallest absolute Gasteiger partial charge is 0.270 e. The van der Waals surface area contributed by atoms with Crippen molar-refractivity contribution >= 4 is 11.6 Å². The molecule has 1 heterocycles. The Balaban J connectivity index is 3.00. The number of carbonyl (C=O) groups excluding carboxylic acids is 1. The third-order valence-corrected chi connectivity index (χ3v) is 2.14. The summed E-state index contributed by atoms with van der Waals surface area (Å²) in [6.45, 7) is 5.76. The second kappa shape index (κ2) is 3.74. The Kier molecular flexibility index (Phi) is 2.84. The summed E-state index contributed by atoms with van der Waals surface area (Å²) >= 11 is 0. The standard InChI is InChI=1S/C10H17N3O/c1-6(2)12-10(14)9-8(11)5-7(3)13(9)4/h5-6H,11H2,1-4H3,(H,12,14). The monoisotopic (exact) mass is 195 g/mol. The van der Waals surface area contributed by atoms with Gasteiger partial charge in [-0.25, -0.2) is 0 Å². The Labute approximate surface area is 84.1 Å². The second-order valence-corrected chi connectivity index (χ2v) is 3.78. The van der Waals surface area contributed by atoms with Crippen LogP contribution in [0.4, 0.5) is 5.69 Å². The van der Waals surface area contributed by atoms with Crippen LogP contribution in [-0.2, 0) is 7.05 Å². The van der Waals surface area contributed by atoms with Crippen molar-refractivity contribution in [3.05, 3.63) is 17.5 Å². The predicted molar refractivity (Wildman–Crippen MR) is 57.2 cm³/mol. The van der Waals surface area contributed by atoms with Crippen LogP contribution >= 0.6 is 0 Å². The van der Waals surface area contributed by atoms with E-state index in [2.05, 4.69) is 5.32 Å². The van der Waals surface area contributed by atoms with E-state index >= 15 is 0 Å². The van der Waals surface area contributed by atoms with Crippen LogP contribution in [0, 0.1) is 6.92 Å². The lowest BCUT2D eigenvalue weighted by atomic mass is 10.3. The summed E-state index contributed by atoms with van der Waals surface area (Å²) in [6, 6.07) is 1.92. The van der Waals surface area contributed by atoms with Crippen LogP contribution in [0.25, 0.3) is 0 Å². The van der Waals surface area contributed by atoms with Crippen molar-refractivity contribution in [2.24, 2.45) is 7.05 Å². The van der Waals surface area contributed by atoms with Crippen LogP contribution in [0.1, 0.15) is 30.0 Å². The van der Waals surface area contributed by atoms with Crippen LogP contribution in [0.2, 0.25) is 0 Å². The highest BCUT2D eigenvalue weighted by Crippen LogP contribution is 2.16. The first-order chi connectivity index (χ1) is 6.43. The highest BCUT2D eigenvalue weighted by atomic mass is 16.2. The molecule has 0 aliphatic carbocycles. The summed E-state index contributed by atoms with van der Waals surface area (Å²) in [7, 11) is 1.83. The van der Waals surface area contributed by atoms with Crippen LogP contribution in [-0.4, -0.2) is 16.5 Å². The Morgan fingerprint density at radius 1 is 1.57 bits per heavy atom. The first kappa shape index (κ1) is 10.6. The van der Waals surface area contributed by atoms with Crippen molar-refractivity contribution in [2.45, 2.75) is 26.8 Å². The van der Waals surface area contributed by atoms with Crippen LogP contribution < -0.4 is 11.1 Å². The fourth-order valence-corrected chi connectivity index (χ4v) is 1.37. The molecule has 78 valence electrons. The summed E-state index contributed by atoms with van der Waals surface area (Å²) in [5.74, 6) is -0.117. The number of hydrogen-bond donors (Lipinski definition) is 2. The van der Waals surface area contributed by atoms with Gasteiger partial charge < -0.3 is 15.6 Å². The van der Waals surface area contributed by atoms with E-state index in [9.17, 15) is 4.79 Å². The highest BCUT2D eigenvalue weighted by molar-refractivity contribution is 5.98. The largest absolute Gasteiger partial charge is 0.397 e. The van der Waals surface area contributed by atoms with Gasteiger partial charge in [0, 0.05) is 18.8 Å². The fourth-order valence-electron chi connectivity index (χ4n) is 1.37. The lowest BCUT2D eigenvalue weighted by Gasteiger charge is -2.10. The number of nitrogens with one attached hydrogen (secondary N) is 1. The first-order valence-electron chi connectivity index (χ1n) is 4.66. The van der Waals surface area contributed by atoms with E-state index < -0.39 is 0 Å². The summed E-state index contributed by atoms with van der Waals surface area (Å²) in [5.41, 5.74) is 7.79. The van der Waals surface area contributed by atoms with Gasteiger partial charge in [0.15, 0.2) is 0 Å². The minimum Gasteiger partial charge on any atom is -0.397 e. The van der Waals surface area contributed by atoms with Gasteiger partial charge in [0.25, 0.3) is 5.91 Å². The summed E-state index contributed by atoms with van der Waals surface area (Å²) < 4.78 is 1.80. The number of nitrogen functional groups attached to an aromatic ring is 1. The molecule has 0 atom stereocenters. The molecule has 1 amide bonds. The van der Waals surface area contributed by atoms with Crippen LogP contribution in [0.15, 0.2) is 6.07 Å². The maximum absolute atomic E-state index is 11.7. The minimum absolute atomic E-state index is 0.117. The van der Waals surface area contributed by atoms with Crippen molar-refractivity contribution < 1.29 is 4.79 Å². The first-order valence-corrected chi connectivity index (χ1v) is 4.66. The Morgan fingerprint density at radius 3 is 2.50 bits per heavy atom. The molecule has 1 rings (SSSR count). The number of hydrogen-bond acceptors (Lipinski definition) is 2. The van der Waals surface area contributed by atoms with Gasteiger partial charge in [0.1, 0.15) is 5.69 Å². The molecule has 14 heavy (non-hydrogen) atoms. The number of aromatic nitrogens is 1. The normalized spacial score (nSPS) is 10.6. The molecule has 1 aromatic rings. The van der Waals surface area contributed by atoms with Gasteiger partial charge in [0.05, 0.1) is 5.69 Å². The van der Waals surface area contributed by atoms with Crippen molar-refractivity contribution in [1.29, 1.82) is 0 Å². The average molecular weight is 195 g/mol. The molecule has 0 fully saturated rings. The van der Waals surface area contributed by atoms with E-state index in [4.69, 9.17) is 5.73 Å². The molecule has 4 nitrogen and oxygen atoms in total. The molecule has 3 N–H and O–H groups in total. The molecule has 0 bridgehead atoms. The Hall–Kier alpha value is -1.45. The third kappa shape index (κ3) is 1.89. The molecular formula is C10H17N3O. The number of nitrogens with two attached hydrogens (primary N) is 1. The number of nitrogens with zero attached hydrogens (tertiary/aromatic N) is 1. The molecule has 0 radical (unpaired) electrons. The maximum atomic E-state index is 11.7. The van der Waals surface area contributed by atoms with E-state index in [1.807, 2.05) is 27.8 Å². The molecule has 0 saturated heterocycles. The second-order valence-electron chi connectivity index (χ2n) is 3.78. The topological polar surface area (TPSA) is 60.1 Å². The summed E-state index contributed by atoms with van der Waals surface area (Å²) in [4.78, 5) is 11.7. The number of anilines is 1. The molecule has 0 saturated carbocycles. The molecule has 1 aromatic heterocycles. The number of carbonyl (C=O) groups is 1. The van der Waals surface area contributed by atoms with E-state index in [0.717, 1.165) is 5.69 Å². The van der Waals surface area contributed by atoms with Gasteiger partial charge >= 0.3 is 0 Å². The van der Waals surface area contributed by atoms with E-state index in [1.165, 1.54) is 0 Å². The van der Waals surface area contributed by atoms with Crippen LogP contribution in [0.3, 0.4) is 0 Å². The summed E-state index contributed by atoms with van der Waals surface area (Å²) in [5, 5.41) is 2.81. The number of aryl methyl sites for hydroxylation is 1. The maximum Gasteiger partial charge on any atom is 0.270 e. The lowest BCUT2D eigenvalue weighted by Crippen LogP contribution is -2.32. The number of amides is 1. The van der Waals surface area contributed by atoms with E-state index in [-0.39, 0.29) is 11.9 Å². The predicted octanol–water partition coefficient (Wildman–Crippen LogP) is 1.05. The van der Waals surface area contributed by atoms with Crippen molar-refractivity contribution in [3.63, 3.8) is 0 Å². The van der Waals surface area contributed by atoms with Gasteiger partial charge in [-0.05, 0) is 26.8 Å². The zero-order chi connectivity index (χ0) is 10.9. The SMILES string of the molecule is Cc1cc(N)c(C(=O)NC(C)C)n1C. The zero-order valence-electron chi connectivity index (χ0n) is 9.09. The van der Waals surface area contributed by atoms with Gasteiger partial charge in [-0.3, -0.25) is 4.79 Å². The van der Waals surface area contributed by atoms with Gasteiger partial charge in [0.2, 0.25) is 0 Å². The highest BCUT2D eigenvalue weighted by Gasteiger charge is 2.15. The Bertz CT molecular complexity index is 352. The zero-order valence-corrected chi connectivity index (χ0v) is 9.09. The number of rotatable bonds is 2. The average Bonchev–Trinajstić information content (AvgIpc) is 2.25. The molecule has 0 aliphatic heterocycles.